The largest absolute Gasteiger partial charge is 0.456 e. The Morgan fingerprint density at radius 1 is 0.653 bits per heavy atom. The van der Waals surface area contributed by atoms with Gasteiger partial charge >= 0.3 is 0 Å². The van der Waals surface area contributed by atoms with E-state index < -0.39 is 5.82 Å². The van der Waals surface area contributed by atoms with E-state index in [1.54, 1.807) is 56.7 Å². The molecule has 0 aliphatic rings. The lowest BCUT2D eigenvalue weighted by Crippen LogP contribution is -2.08. The molecular formula is C37H30ClFN6O4. The molecule has 6 aromatic heterocycles. The summed E-state index contributed by atoms with van der Waals surface area (Å²) < 4.78 is 24.5. The van der Waals surface area contributed by atoms with Crippen LogP contribution < -0.4 is 9.47 Å². The van der Waals surface area contributed by atoms with Gasteiger partial charge in [-0.15, -0.1) is 0 Å². The predicted octanol–water partition coefficient (Wildman–Crippen LogP) is 7.90. The zero-order chi connectivity index (χ0) is 34.8. The molecule has 0 fully saturated rings. The molecule has 0 aliphatic carbocycles. The summed E-state index contributed by atoms with van der Waals surface area (Å²) in [6.07, 6.45) is 9.29. The molecule has 0 saturated heterocycles. The highest BCUT2D eigenvalue weighted by Crippen LogP contribution is 2.25. The first-order valence-electron chi connectivity index (χ1n) is 15.0. The van der Waals surface area contributed by atoms with Crippen molar-refractivity contribution in [1.82, 2.24) is 29.9 Å². The number of halogens is 2. The normalized spacial score (nSPS) is 10.5. The summed E-state index contributed by atoms with van der Waals surface area (Å²) in [6.45, 7) is 5.50. The first-order valence-corrected chi connectivity index (χ1v) is 15.4. The third-order valence-corrected chi connectivity index (χ3v) is 6.85. The van der Waals surface area contributed by atoms with Crippen molar-refractivity contribution in [3.63, 3.8) is 0 Å². The van der Waals surface area contributed by atoms with Gasteiger partial charge < -0.3 is 9.47 Å². The number of aromatic nitrogens is 6. The van der Waals surface area contributed by atoms with Gasteiger partial charge in [0.15, 0.2) is 11.6 Å². The number of pyridine rings is 6. The number of hydrogen-bond acceptors (Lipinski definition) is 10. The van der Waals surface area contributed by atoms with Crippen LogP contribution >= 0.6 is 11.6 Å². The third kappa shape index (κ3) is 10.5. The number of ketones is 2. The Bertz CT molecular complexity index is 2080. The highest BCUT2D eigenvalue weighted by Gasteiger charge is 2.14. The second-order valence-electron chi connectivity index (χ2n) is 10.9. The Balaban J connectivity index is 0.000000191. The highest BCUT2D eigenvalue weighted by atomic mass is 35.5. The van der Waals surface area contributed by atoms with E-state index in [-0.39, 0.29) is 35.9 Å². The highest BCUT2D eigenvalue weighted by molar-refractivity contribution is 6.30. The van der Waals surface area contributed by atoms with Gasteiger partial charge in [-0.2, -0.15) is 0 Å². The fraction of sp³-hybridized carbons (Fsp3) is 0.135. The minimum atomic E-state index is -0.495. The van der Waals surface area contributed by atoms with E-state index in [4.69, 9.17) is 21.1 Å². The first kappa shape index (κ1) is 34.4. The van der Waals surface area contributed by atoms with Crippen LogP contribution in [0.2, 0.25) is 5.02 Å². The molecule has 0 saturated carbocycles. The summed E-state index contributed by atoms with van der Waals surface area (Å²) >= 11 is 5.90. The zero-order valence-electron chi connectivity index (χ0n) is 26.8. The Morgan fingerprint density at radius 2 is 1.24 bits per heavy atom. The quantitative estimate of drug-likeness (QED) is 0.132. The second kappa shape index (κ2) is 16.2. The average molecular weight is 677 g/mol. The number of aryl methyl sites for hydroxylation is 3. The summed E-state index contributed by atoms with van der Waals surface area (Å²) in [5.74, 6) is 0.884. The molecule has 0 aromatic carbocycles. The monoisotopic (exact) mass is 676 g/mol. The van der Waals surface area contributed by atoms with E-state index in [0.29, 0.717) is 50.7 Å². The SMILES string of the molecule is Cc1cc(Oc2cncc(Cl)c2)cc(C(=O)Cc2ccccn2)n1.Cc1ccc(CC(=O)c2cc(Oc3cncc(F)c3)cc(C)n2)nc1. The van der Waals surface area contributed by atoms with Crippen molar-refractivity contribution in [3.8, 4) is 23.0 Å². The second-order valence-corrected chi connectivity index (χ2v) is 11.3. The molecule has 49 heavy (non-hydrogen) atoms. The van der Waals surface area contributed by atoms with Crippen molar-refractivity contribution in [2.24, 2.45) is 0 Å². The van der Waals surface area contributed by atoms with E-state index in [1.165, 1.54) is 24.5 Å². The van der Waals surface area contributed by atoms with Gasteiger partial charge in [0.05, 0.1) is 36.5 Å². The van der Waals surface area contributed by atoms with Crippen molar-refractivity contribution >= 4 is 23.2 Å². The standard InChI is InChI=1S/C19H16FN3O2.C18H14ClN3O2/c1-12-3-4-15(22-9-12)7-19(24)18-8-16(5-13(2)23-18)25-17-6-14(20)10-21-11-17;1-12-6-15(24-16-7-13(19)10-20-11-16)9-17(22-12)18(23)8-14-4-2-3-5-21-14/h3-6,8-11H,7H2,1-2H3;2-7,9-11H,8H2,1H3. The Morgan fingerprint density at radius 3 is 1.78 bits per heavy atom. The molecular weight excluding hydrogens is 647 g/mol. The van der Waals surface area contributed by atoms with Crippen molar-refractivity contribution in [2.45, 2.75) is 33.6 Å². The van der Waals surface area contributed by atoms with Crippen molar-refractivity contribution in [3.05, 3.63) is 154 Å². The molecule has 0 radical (unpaired) electrons. The Labute approximate surface area is 287 Å². The van der Waals surface area contributed by atoms with Crippen LogP contribution in [0.4, 0.5) is 4.39 Å². The lowest BCUT2D eigenvalue weighted by molar-refractivity contribution is 0.0978. The topological polar surface area (TPSA) is 130 Å². The number of rotatable bonds is 10. The summed E-state index contributed by atoms with van der Waals surface area (Å²) in [6, 6.07) is 18.6. The maximum atomic E-state index is 13.2. The number of nitrogens with zero attached hydrogens (tertiary/aromatic N) is 6. The van der Waals surface area contributed by atoms with Crippen LogP contribution in [0.25, 0.3) is 0 Å². The van der Waals surface area contributed by atoms with Gasteiger partial charge in [-0.05, 0) is 44.5 Å². The summed E-state index contributed by atoms with van der Waals surface area (Å²) in [5.41, 5.74) is 4.34. The molecule has 6 rings (SSSR count). The molecule has 6 heterocycles. The Hall–Kier alpha value is -5.94. The van der Waals surface area contributed by atoms with Gasteiger partial charge in [0.1, 0.15) is 40.2 Å². The number of carbonyl (C=O) groups excluding carboxylic acids is 2. The van der Waals surface area contributed by atoms with Crippen molar-refractivity contribution < 1.29 is 23.5 Å². The maximum Gasteiger partial charge on any atom is 0.187 e. The number of carbonyl (C=O) groups is 2. The van der Waals surface area contributed by atoms with Crippen LogP contribution in [0, 0.1) is 26.6 Å². The average Bonchev–Trinajstić information content (AvgIpc) is 3.06. The summed E-state index contributed by atoms with van der Waals surface area (Å²) in [7, 11) is 0. The van der Waals surface area contributed by atoms with Gasteiger partial charge in [-0.1, -0.05) is 23.7 Å². The molecule has 0 bridgehead atoms. The number of Topliss-reactive ketones (excluding diaryl/α,β-unsaturated/α-hetero) is 2. The van der Waals surface area contributed by atoms with Crippen LogP contribution in [0.5, 0.6) is 23.0 Å². The molecule has 246 valence electrons. The number of hydrogen-bond donors (Lipinski definition) is 0. The number of ether oxygens (including phenoxy) is 2. The van der Waals surface area contributed by atoms with Gasteiger partial charge in [-0.3, -0.25) is 29.5 Å². The predicted molar refractivity (Wildman–Crippen MR) is 181 cm³/mol. The molecule has 0 aliphatic heterocycles. The smallest absolute Gasteiger partial charge is 0.187 e. The zero-order valence-corrected chi connectivity index (χ0v) is 27.6. The van der Waals surface area contributed by atoms with Gasteiger partial charge in [0, 0.05) is 77.8 Å². The molecule has 12 heteroatoms. The van der Waals surface area contributed by atoms with E-state index in [1.807, 2.05) is 37.3 Å². The van der Waals surface area contributed by atoms with E-state index in [2.05, 4.69) is 29.9 Å². The maximum absolute atomic E-state index is 13.2. The van der Waals surface area contributed by atoms with Gasteiger partial charge in [0.25, 0.3) is 0 Å². The minimum Gasteiger partial charge on any atom is -0.456 e. The van der Waals surface area contributed by atoms with Crippen molar-refractivity contribution in [1.29, 1.82) is 0 Å². The molecule has 0 N–H and O–H groups in total. The Kier molecular flexibility index (Phi) is 11.4. The van der Waals surface area contributed by atoms with Gasteiger partial charge in [-0.25, -0.2) is 14.4 Å². The van der Waals surface area contributed by atoms with E-state index >= 15 is 0 Å². The van der Waals surface area contributed by atoms with Crippen molar-refractivity contribution in [2.75, 3.05) is 0 Å². The first-order chi connectivity index (χ1) is 23.6. The van der Waals surface area contributed by atoms with Crippen LogP contribution in [-0.2, 0) is 12.8 Å². The molecule has 0 spiro atoms. The summed E-state index contributed by atoms with van der Waals surface area (Å²) in [5, 5.41) is 0.477. The lowest BCUT2D eigenvalue weighted by atomic mass is 10.1. The van der Waals surface area contributed by atoms with Crippen LogP contribution in [0.1, 0.15) is 49.3 Å². The third-order valence-electron chi connectivity index (χ3n) is 6.64. The van der Waals surface area contributed by atoms with E-state index in [0.717, 1.165) is 11.8 Å². The fourth-order valence-corrected chi connectivity index (χ4v) is 4.63. The van der Waals surface area contributed by atoms with Crippen LogP contribution in [0.3, 0.4) is 0 Å². The molecule has 10 nitrogen and oxygen atoms in total. The molecule has 0 atom stereocenters. The molecule has 0 unspecified atom stereocenters. The van der Waals surface area contributed by atoms with Crippen LogP contribution in [0.15, 0.2) is 104 Å². The molecule has 6 aromatic rings. The van der Waals surface area contributed by atoms with Crippen LogP contribution in [-0.4, -0.2) is 41.5 Å². The minimum absolute atomic E-state index is 0.119. The molecule has 0 amide bonds. The fourth-order valence-electron chi connectivity index (χ4n) is 4.46. The van der Waals surface area contributed by atoms with Gasteiger partial charge in [0.2, 0.25) is 0 Å². The summed E-state index contributed by atoms with van der Waals surface area (Å²) in [4.78, 5) is 49.6. The van der Waals surface area contributed by atoms with E-state index in [9.17, 15) is 14.0 Å². The lowest BCUT2D eigenvalue weighted by Gasteiger charge is -2.08.